The number of fused-ring (bicyclic) bond motifs is 1. The van der Waals surface area contributed by atoms with Gasteiger partial charge in [0, 0.05) is 12.6 Å². The average molecular weight is 272 g/mol. The molecule has 1 aliphatic heterocycles. The number of benzene rings is 1. The Labute approximate surface area is 123 Å². The van der Waals surface area contributed by atoms with Gasteiger partial charge in [-0.05, 0) is 69.3 Å². The summed E-state index contributed by atoms with van der Waals surface area (Å²) < 4.78 is 0. The van der Waals surface area contributed by atoms with Gasteiger partial charge in [-0.25, -0.2) is 0 Å². The van der Waals surface area contributed by atoms with Gasteiger partial charge in [-0.1, -0.05) is 30.7 Å². The summed E-state index contributed by atoms with van der Waals surface area (Å²) in [5.74, 6) is 0.994. The first-order valence-electron chi connectivity index (χ1n) is 8.34. The average Bonchev–Trinajstić information content (AvgIpc) is 2.96. The van der Waals surface area contributed by atoms with E-state index in [4.69, 9.17) is 0 Å². The van der Waals surface area contributed by atoms with Crippen LogP contribution in [0.4, 0.5) is 0 Å². The third-order valence-corrected chi connectivity index (χ3v) is 5.24. The van der Waals surface area contributed by atoms with E-state index in [1.54, 1.807) is 5.56 Å². The maximum Gasteiger partial charge on any atom is 0.0239 e. The summed E-state index contributed by atoms with van der Waals surface area (Å²) in [6.07, 6.45) is 8.39. The quantitative estimate of drug-likeness (QED) is 0.885. The highest BCUT2D eigenvalue weighted by Crippen LogP contribution is 2.37. The summed E-state index contributed by atoms with van der Waals surface area (Å²) in [6.45, 7) is 3.55. The first-order valence-corrected chi connectivity index (χ1v) is 8.34. The molecule has 0 aromatic heterocycles. The normalized spacial score (nSPS) is 26.6. The van der Waals surface area contributed by atoms with Gasteiger partial charge in [0.25, 0.3) is 0 Å². The molecule has 2 heteroatoms. The fourth-order valence-electron chi connectivity index (χ4n) is 4.19. The monoisotopic (exact) mass is 272 g/mol. The summed E-state index contributed by atoms with van der Waals surface area (Å²) in [5.41, 5.74) is 3.08. The van der Waals surface area contributed by atoms with E-state index in [1.807, 2.05) is 7.05 Å². The summed E-state index contributed by atoms with van der Waals surface area (Å²) in [4.78, 5) is 2.78. The van der Waals surface area contributed by atoms with Crippen LogP contribution in [0.15, 0.2) is 24.3 Å². The molecule has 2 atom stereocenters. The standard InChI is InChI=1S/C18H28N2/c1-19-12-11-15-6-2-3-7-17(15)14-20-13-5-9-16-8-4-10-18(16)20/h2-3,6-7,16,18-19H,4-5,8-14H2,1H3. The van der Waals surface area contributed by atoms with Gasteiger partial charge in [0.1, 0.15) is 0 Å². The van der Waals surface area contributed by atoms with Crippen molar-refractivity contribution in [2.24, 2.45) is 5.92 Å². The van der Waals surface area contributed by atoms with E-state index in [9.17, 15) is 0 Å². The molecule has 1 saturated heterocycles. The van der Waals surface area contributed by atoms with Crippen LogP contribution in [-0.4, -0.2) is 31.1 Å². The van der Waals surface area contributed by atoms with Crippen LogP contribution in [0, 0.1) is 5.92 Å². The summed E-state index contributed by atoms with van der Waals surface area (Å²) in [7, 11) is 2.04. The number of nitrogens with one attached hydrogen (secondary N) is 1. The van der Waals surface area contributed by atoms with Gasteiger partial charge >= 0.3 is 0 Å². The molecule has 0 amide bonds. The van der Waals surface area contributed by atoms with Crippen molar-refractivity contribution in [1.82, 2.24) is 10.2 Å². The Morgan fingerprint density at radius 3 is 2.75 bits per heavy atom. The number of nitrogens with zero attached hydrogens (tertiary/aromatic N) is 1. The van der Waals surface area contributed by atoms with Crippen molar-refractivity contribution in [3.8, 4) is 0 Å². The Balaban J connectivity index is 1.70. The molecule has 1 heterocycles. The molecule has 1 aliphatic carbocycles. The number of hydrogen-bond donors (Lipinski definition) is 1. The molecule has 1 N–H and O–H groups in total. The zero-order valence-electron chi connectivity index (χ0n) is 12.8. The lowest BCUT2D eigenvalue weighted by Crippen LogP contribution is -2.42. The van der Waals surface area contributed by atoms with Crippen LogP contribution in [0.25, 0.3) is 0 Å². The molecular formula is C18H28N2. The van der Waals surface area contributed by atoms with E-state index < -0.39 is 0 Å². The van der Waals surface area contributed by atoms with Crippen molar-refractivity contribution >= 4 is 0 Å². The highest BCUT2D eigenvalue weighted by Gasteiger charge is 2.34. The predicted octanol–water partition coefficient (Wildman–Crippen LogP) is 3.21. The minimum absolute atomic E-state index is 0.876. The van der Waals surface area contributed by atoms with Crippen LogP contribution < -0.4 is 5.32 Å². The van der Waals surface area contributed by atoms with Crippen molar-refractivity contribution in [2.45, 2.75) is 51.1 Å². The maximum atomic E-state index is 3.27. The highest BCUT2D eigenvalue weighted by molar-refractivity contribution is 5.27. The van der Waals surface area contributed by atoms with E-state index in [1.165, 1.54) is 50.8 Å². The number of piperidine rings is 1. The Morgan fingerprint density at radius 1 is 1.10 bits per heavy atom. The Bertz CT molecular complexity index is 429. The third-order valence-electron chi connectivity index (χ3n) is 5.24. The molecule has 2 fully saturated rings. The van der Waals surface area contributed by atoms with E-state index in [-0.39, 0.29) is 0 Å². The van der Waals surface area contributed by atoms with Gasteiger partial charge in [0.15, 0.2) is 0 Å². The minimum Gasteiger partial charge on any atom is -0.319 e. The molecule has 2 aliphatic rings. The van der Waals surface area contributed by atoms with Crippen LogP contribution in [0.3, 0.4) is 0 Å². The van der Waals surface area contributed by atoms with E-state index in [0.717, 1.165) is 24.9 Å². The second kappa shape index (κ2) is 6.73. The predicted molar refractivity (Wildman–Crippen MR) is 84.8 cm³/mol. The van der Waals surface area contributed by atoms with Crippen molar-refractivity contribution < 1.29 is 0 Å². The van der Waals surface area contributed by atoms with Crippen LogP contribution >= 0.6 is 0 Å². The number of hydrogen-bond acceptors (Lipinski definition) is 2. The lowest BCUT2D eigenvalue weighted by atomic mass is 9.91. The van der Waals surface area contributed by atoms with Gasteiger partial charge in [-0.2, -0.15) is 0 Å². The topological polar surface area (TPSA) is 15.3 Å². The fourth-order valence-corrected chi connectivity index (χ4v) is 4.19. The van der Waals surface area contributed by atoms with E-state index in [0.29, 0.717) is 0 Å². The molecule has 1 aromatic rings. The first-order chi connectivity index (χ1) is 9.88. The lowest BCUT2D eigenvalue weighted by molar-refractivity contribution is 0.105. The molecular weight excluding hydrogens is 244 g/mol. The zero-order valence-corrected chi connectivity index (χ0v) is 12.8. The first kappa shape index (κ1) is 14.1. The third kappa shape index (κ3) is 3.07. The van der Waals surface area contributed by atoms with E-state index >= 15 is 0 Å². The van der Waals surface area contributed by atoms with Gasteiger partial charge in [0.2, 0.25) is 0 Å². The van der Waals surface area contributed by atoms with Crippen LogP contribution in [0.1, 0.15) is 43.2 Å². The number of likely N-dealkylation sites (N-methyl/N-ethyl adjacent to an activating group) is 1. The van der Waals surface area contributed by atoms with Crippen LogP contribution in [-0.2, 0) is 13.0 Å². The van der Waals surface area contributed by atoms with Crippen molar-refractivity contribution in [3.05, 3.63) is 35.4 Å². The Morgan fingerprint density at radius 2 is 1.90 bits per heavy atom. The van der Waals surface area contributed by atoms with Gasteiger partial charge in [0.05, 0.1) is 0 Å². The van der Waals surface area contributed by atoms with Crippen molar-refractivity contribution in [1.29, 1.82) is 0 Å². The second-order valence-corrected chi connectivity index (χ2v) is 6.49. The molecule has 20 heavy (non-hydrogen) atoms. The van der Waals surface area contributed by atoms with Gasteiger partial charge < -0.3 is 5.32 Å². The summed E-state index contributed by atoms with van der Waals surface area (Å²) >= 11 is 0. The van der Waals surface area contributed by atoms with Crippen LogP contribution in [0.5, 0.6) is 0 Å². The molecule has 1 saturated carbocycles. The van der Waals surface area contributed by atoms with Crippen molar-refractivity contribution in [2.75, 3.05) is 20.1 Å². The molecule has 2 unspecified atom stereocenters. The minimum atomic E-state index is 0.876. The molecule has 1 aromatic carbocycles. The molecule has 0 radical (unpaired) electrons. The molecule has 110 valence electrons. The Hall–Kier alpha value is -0.860. The zero-order chi connectivity index (χ0) is 13.8. The Kier molecular flexibility index (Phi) is 4.74. The molecule has 3 rings (SSSR count). The van der Waals surface area contributed by atoms with E-state index in [2.05, 4.69) is 34.5 Å². The van der Waals surface area contributed by atoms with Gasteiger partial charge in [-0.15, -0.1) is 0 Å². The summed E-state index contributed by atoms with van der Waals surface area (Å²) in [6, 6.07) is 9.91. The summed E-state index contributed by atoms with van der Waals surface area (Å²) in [5, 5.41) is 3.27. The SMILES string of the molecule is CNCCc1ccccc1CN1CCCC2CCCC21. The smallest absolute Gasteiger partial charge is 0.0239 e. The lowest BCUT2D eigenvalue weighted by Gasteiger charge is -2.38. The highest BCUT2D eigenvalue weighted by atomic mass is 15.2. The van der Waals surface area contributed by atoms with Crippen LogP contribution in [0.2, 0.25) is 0 Å². The molecule has 0 spiro atoms. The number of likely N-dealkylation sites (tertiary alicyclic amines) is 1. The maximum absolute atomic E-state index is 3.27. The largest absolute Gasteiger partial charge is 0.319 e. The van der Waals surface area contributed by atoms with Gasteiger partial charge in [-0.3, -0.25) is 4.90 Å². The van der Waals surface area contributed by atoms with Crippen molar-refractivity contribution in [3.63, 3.8) is 0 Å². The fraction of sp³-hybridized carbons (Fsp3) is 0.667. The molecule has 0 bridgehead atoms. The second-order valence-electron chi connectivity index (χ2n) is 6.49. The number of rotatable bonds is 5. The molecule has 2 nitrogen and oxygen atoms in total.